The number of carboxylic acid groups (broad SMARTS) is 1. The molecule has 2 heterocycles. The fourth-order valence-corrected chi connectivity index (χ4v) is 7.66. The van der Waals surface area contributed by atoms with Gasteiger partial charge in [-0.1, -0.05) is 137 Å². The lowest BCUT2D eigenvalue weighted by Crippen LogP contribution is -2.22. The first-order valence-electron chi connectivity index (χ1n) is 21.5. The Hall–Kier alpha value is -4.29. The van der Waals surface area contributed by atoms with Crippen LogP contribution < -0.4 is 10.1 Å². The van der Waals surface area contributed by atoms with Gasteiger partial charge in [0.25, 0.3) is 11.7 Å². The van der Waals surface area contributed by atoms with Crippen molar-refractivity contribution >= 4 is 29.2 Å². The highest BCUT2D eigenvalue weighted by molar-refractivity contribution is 6.30. The van der Waals surface area contributed by atoms with E-state index in [1.165, 1.54) is 38.5 Å². The maximum absolute atomic E-state index is 12.8. The normalized spacial score (nSPS) is 14.7. The highest BCUT2D eigenvalue weighted by atomic mass is 35.5. The van der Waals surface area contributed by atoms with Crippen LogP contribution in [-0.2, 0) is 17.4 Å². The molecule has 6 rings (SSSR count). The minimum absolute atomic E-state index is 0.0815. The second-order valence-corrected chi connectivity index (χ2v) is 16.0. The molecule has 2 N–H and O–H groups in total. The molecule has 0 spiro atoms. The van der Waals surface area contributed by atoms with E-state index in [0.717, 1.165) is 128 Å². The summed E-state index contributed by atoms with van der Waals surface area (Å²) >= 11 is 6.09. The molecule has 1 saturated carbocycles. The number of unbranched alkanes of at least 4 members (excludes halogenated alkanes) is 13. The quantitative estimate of drug-likeness (QED) is 0.0664. The molecule has 9 nitrogen and oxygen atoms in total. The summed E-state index contributed by atoms with van der Waals surface area (Å²) in [5, 5.41) is 25.1. The van der Waals surface area contributed by atoms with Gasteiger partial charge >= 0.3 is 12.1 Å². The van der Waals surface area contributed by atoms with E-state index >= 15 is 0 Å². The first-order valence-corrected chi connectivity index (χ1v) is 21.8. The third-order valence-corrected chi connectivity index (χ3v) is 11.1. The third-order valence-electron chi connectivity index (χ3n) is 10.9. The summed E-state index contributed by atoms with van der Waals surface area (Å²) in [6.07, 6.45) is 17.8. The monoisotopic (exact) mass is 837 g/mol. The van der Waals surface area contributed by atoms with E-state index in [0.29, 0.717) is 11.5 Å². The minimum atomic E-state index is -4.62. The zero-order valence-electron chi connectivity index (χ0n) is 34.5. The molecule has 2 aliphatic carbocycles. The molecule has 2 aromatic heterocycles. The molecule has 1 atom stereocenters. The molecule has 0 saturated heterocycles. The van der Waals surface area contributed by atoms with Gasteiger partial charge in [-0.3, -0.25) is 4.79 Å². The van der Waals surface area contributed by atoms with Crippen LogP contribution in [0.4, 0.5) is 13.2 Å². The zero-order valence-corrected chi connectivity index (χ0v) is 35.2. The van der Waals surface area contributed by atoms with Gasteiger partial charge in [0, 0.05) is 28.5 Å². The summed E-state index contributed by atoms with van der Waals surface area (Å²) in [7, 11) is 1.72. The molecule has 2 aliphatic rings. The van der Waals surface area contributed by atoms with Crippen molar-refractivity contribution in [1.82, 2.24) is 25.7 Å². The molecule has 2 aromatic carbocycles. The number of rotatable bonds is 24. The van der Waals surface area contributed by atoms with Gasteiger partial charge in [-0.05, 0) is 80.0 Å². The molecular formula is C46H59ClF3N5O4. The number of ether oxygens (including phenoxy) is 1. The molecule has 0 amide bonds. The number of halogens is 4. The number of methoxy groups -OCH3 is 1. The molecule has 1 unspecified atom stereocenters. The Morgan fingerprint density at radius 1 is 0.881 bits per heavy atom. The molecule has 0 bridgehead atoms. The lowest BCUT2D eigenvalue weighted by molar-refractivity contribution is -0.146. The summed E-state index contributed by atoms with van der Waals surface area (Å²) in [6, 6.07) is 15.4. The summed E-state index contributed by atoms with van der Waals surface area (Å²) < 4.78 is 49.3. The van der Waals surface area contributed by atoms with Crippen LogP contribution >= 0.6 is 11.6 Å². The van der Waals surface area contributed by atoms with E-state index in [9.17, 15) is 18.0 Å². The van der Waals surface area contributed by atoms with Crippen molar-refractivity contribution in [2.24, 2.45) is 0 Å². The van der Waals surface area contributed by atoms with Crippen LogP contribution in [0.25, 0.3) is 22.8 Å². The number of carbonyl (C=O) groups is 1. The number of hydrogen-bond donors (Lipinski definition) is 2. The first kappa shape index (κ1) is 45.8. The van der Waals surface area contributed by atoms with Crippen molar-refractivity contribution in [3.63, 3.8) is 0 Å². The lowest BCUT2D eigenvalue weighted by atomic mass is 9.98. The number of nitrogens with zero attached hydrogens (tertiary/aromatic N) is 4. The van der Waals surface area contributed by atoms with Crippen LogP contribution in [0.5, 0.6) is 5.75 Å². The lowest BCUT2D eigenvalue weighted by Gasteiger charge is -2.17. The second kappa shape index (κ2) is 23.5. The van der Waals surface area contributed by atoms with Gasteiger partial charge < -0.3 is 19.7 Å². The topological polar surface area (TPSA) is 123 Å². The van der Waals surface area contributed by atoms with Crippen LogP contribution in [0.3, 0.4) is 0 Å². The van der Waals surface area contributed by atoms with Gasteiger partial charge in [-0.25, -0.2) is 0 Å². The van der Waals surface area contributed by atoms with E-state index < -0.39 is 18.0 Å². The number of aromatic nitrogens is 4. The maximum Gasteiger partial charge on any atom is 0.455 e. The molecule has 0 radical (unpaired) electrons. The fraction of sp³-hybridized carbons (Fsp3) is 0.543. The second-order valence-electron chi connectivity index (χ2n) is 15.6. The Morgan fingerprint density at radius 2 is 1.53 bits per heavy atom. The van der Waals surface area contributed by atoms with Gasteiger partial charge in [0.15, 0.2) is 5.75 Å². The summed E-state index contributed by atoms with van der Waals surface area (Å²) in [5.41, 5.74) is 6.69. The fourth-order valence-electron chi connectivity index (χ4n) is 7.53. The van der Waals surface area contributed by atoms with E-state index in [2.05, 4.69) is 32.6 Å². The molecule has 13 heteroatoms. The average Bonchev–Trinajstić information content (AvgIpc) is 3.82. The Kier molecular flexibility index (Phi) is 18.2. The van der Waals surface area contributed by atoms with E-state index in [4.69, 9.17) is 26.0 Å². The zero-order chi connectivity index (χ0) is 42.0. The molecule has 0 aliphatic heterocycles. The van der Waals surface area contributed by atoms with Crippen LogP contribution in [0.1, 0.15) is 169 Å². The predicted octanol–water partition coefficient (Wildman–Crippen LogP) is 12.8. The van der Waals surface area contributed by atoms with Crippen molar-refractivity contribution in [3.8, 4) is 16.9 Å². The van der Waals surface area contributed by atoms with Crippen molar-refractivity contribution in [1.29, 1.82) is 0 Å². The van der Waals surface area contributed by atoms with Gasteiger partial charge in [0.05, 0.1) is 18.8 Å². The van der Waals surface area contributed by atoms with E-state index in [1.807, 2.05) is 54.6 Å². The first-order chi connectivity index (χ1) is 28.6. The van der Waals surface area contributed by atoms with Crippen LogP contribution in [0, 0.1) is 0 Å². The van der Waals surface area contributed by atoms with Gasteiger partial charge in [-0.15, -0.1) is 0 Å². The number of nitrogens with one attached hydrogen (secondary N) is 1. The smallest absolute Gasteiger partial charge is 0.455 e. The summed E-state index contributed by atoms with van der Waals surface area (Å²) in [4.78, 5) is 14.1. The number of aryl methyl sites for hydroxylation is 1. The van der Waals surface area contributed by atoms with Crippen molar-refractivity contribution < 1.29 is 32.3 Å². The van der Waals surface area contributed by atoms with Crippen LogP contribution in [0.15, 0.2) is 53.1 Å². The molecule has 4 aromatic rings. The van der Waals surface area contributed by atoms with Crippen molar-refractivity contribution in [3.05, 3.63) is 87.8 Å². The number of aliphatic carboxylic acids is 1. The Morgan fingerprint density at radius 3 is 2.15 bits per heavy atom. The predicted molar refractivity (Wildman–Crippen MR) is 226 cm³/mol. The Bertz CT molecular complexity index is 1930. The van der Waals surface area contributed by atoms with E-state index in [-0.39, 0.29) is 18.4 Å². The highest BCUT2D eigenvalue weighted by Gasteiger charge is 2.39. The minimum Gasteiger partial charge on any atom is -0.494 e. The van der Waals surface area contributed by atoms with Gasteiger partial charge in [0.2, 0.25) is 0 Å². The SMILES string of the molecule is CCCCCCCCCCNC1C(c2nc(C(F)(F)F)no2)=Cc2ccccc21.COc1c(CCCCCCCCCC(=O)O)nnc(C2CC2)c1-c1ccc(Cl)cc1. The average molecular weight is 838 g/mol. The summed E-state index contributed by atoms with van der Waals surface area (Å²) in [6.45, 7) is 3.00. The van der Waals surface area contributed by atoms with Crippen molar-refractivity contribution in [2.75, 3.05) is 13.7 Å². The molecule has 1 fully saturated rings. The number of alkyl halides is 3. The molecule has 59 heavy (non-hydrogen) atoms. The Labute approximate surface area is 351 Å². The van der Waals surface area contributed by atoms with Crippen LogP contribution in [-0.4, -0.2) is 45.1 Å². The maximum atomic E-state index is 12.8. The number of hydrogen-bond acceptors (Lipinski definition) is 8. The van der Waals surface area contributed by atoms with Gasteiger partial charge in [0.1, 0.15) is 5.69 Å². The van der Waals surface area contributed by atoms with Crippen LogP contribution in [0.2, 0.25) is 5.02 Å². The van der Waals surface area contributed by atoms with Gasteiger partial charge in [-0.2, -0.15) is 28.4 Å². The largest absolute Gasteiger partial charge is 0.494 e. The number of benzene rings is 2. The molecule has 320 valence electrons. The highest BCUT2D eigenvalue weighted by Crippen LogP contribution is 2.47. The third kappa shape index (κ3) is 14.2. The summed E-state index contributed by atoms with van der Waals surface area (Å²) in [5.74, 6) is -0.695. The Balaban J connectivity index is 0.000000224. The van der Waals surface area contributed by atoms with E-state index in [1.54, 1.807) is 7.11 Å². The standard InChI is InChI=1S/C24H31ClN2O3.C22H28F3N3O/c1-30-24-20(9-7-5-3-2-4-6-8-10-21(28)29)26-27-23(18-11-12-18)22(24)17-13-15-19(25)16-14-17;1-2-3-4-5-6-7-8-11-14-26-19-17-13-10-9-12-16(17)15-18(19)20-27-21(28-29-20)22(23,24)25/h13-16,18H,2-12H2,1H3,(H,28,29);9-10,12-13,15,19,26H,2-8,11,14H2,1H3. The number of fused-ring (bicyclic) bond motifs is 1. The molecular weight excluding hydrogens is 779 g/mol. The van der Waals surface area contributed by atoms with Crippen molar-refractivity contribution in [2.45, 2.75) is 147 Å². The number of carboxylic acids is 1.